The van der Waals surface area contributed by atoms with Gasteiger partial charge in [0.15, 0.2) is 5.16 Å². The fraction of sp³-hybridized carbons (Fsp3) is 0.0625. The molecule has 5 nitrogen and oxygen atoms in total. The summed E-state index contributed by atoms with van der Waals surface area (Å²) in [5.74, 6) is -0.116. The zero-order valence-corrected chi connectivity index (χ0v) is 12.7. The van der Waals surface area contributed by atoms with Crippen LogP contribution in [0.2, 0.25) is 0 Å². The van der Waals surface area contributed by atoms with Gasteiger partial charge < -0.3 is 9.88 Å². The van der Waals surface area contributed by atoms with E-state index < -0.39 is 0 Å². The third-order valence-electron chi connectivity index (χ3n) is 3.03. The maximum Gasteiger partial charge on any atom is 0.255 e. The molecule has 0 spiro atoms. The van der Waals surface area contributed by atoms with E-state index in [-0.39, 0.29) is 5.91 Å². The summed E-state index contributed by atoms with van der Waals surface area (Å²) in [5.41, 5.74) is 1.40. The second-order valence-electron chi connectivity index (χ2n) is 4.67. The van der Waals surface area contributed by atoms with Crippen LogP contribution in [-0.4, -0.2) is 20.7 Å². The largest absolute Gasteiger partial charge is 0.322 e. The van der Waals surface area contributed by atoms with Crippen LogP contribution in [0.25, 0.3) is 0 Å². The maximum atomic E-state index is 12.1. The van der Waals surface area contributed by atoms with Crippen molar-refractivity contribution in [2.75, 3.05) is 5.32 Å². The van der Waals surface area contributed by atoms with Crippen molar-refractivity contribution in [1.82, 2.24) is 14.8 Å². The van der Waals surface area contributed by atoms with E-state index in [0.29, 0.717) is 5.56 Å². The van der Waals surface area contributed by atoms with Gasteiger partial charge in [0.25, 0.3) is 5.91 Å². The highest BCUT2D eigenvalue weighted by Gasteiger charge is 2.06. The number of carbonyl (C=O) groups excluding carboxylic acids is 1. The molecule has 22 heavy (non-hydrogen) atoms. The Balaban J connectivity index is 1.67. The van der Waals surface area contributed by atoms with Crippen LogP contribution in [0, 0.1) is 0 Å². The van der Waals surface area contributed by atoms with Crippen LogP contribution in [0.5, 0.6) is 0 Å². The standard InChI is InChI=1S/C16H14N4OS/c1-20-11-17-19-16(20)22-14-9-7-13(8-10-14)18-15(21)12-5-3-2-4-6-12/h2-11H,1H3,(H,18,21). The van der Waals surface area contributed by atoms with Crippen molar-refractivity contribution in [3.8, 4) is 0 Å². The SMILES string of the molecule is Cn1cnnc1Sc1ccc(NC(=O)c2ccccc2)cc1. The number of aromatic nitrogens is 3. The molecule has 6 heteroatoms. The molecular weight excluding hydrogens is 296 g/mol. The molecule has 3 aromatic rings. The maximum absolute atomic E-state index is 12.1. The smallest absolute Gasteiger partial charge is 0.255 e. The van der Waals surface area contributed by atoms with Crippen LogP contribution in [-0.2, 0) is 7.05 Å². The first kappa shape index (κ1) is 14.3. The van der Waals surface area contributed by atoms with Crippen LogP contribution in [0.1, 0.15) is 10.4 Å². The Morgan fingerprint density at radius 1 is 1.09 bits per heavy atom. The molecule has 1 amide bonds. The number of aryl methyl sites for hydroxylation is 1. The number of nitrogens with one attached hydrogen (secondary N) is 1. The number of nitrogens with zero attached hydrogens (tertiary/aromatic N) is 3. The van der Waals surface area contributed by atoms with Gasteiger partial charge in [0.2, 0.25) is 0 Å². The van der Waals surface area contributed by atoms with Crippen molar-refractivity contribution in [3.63, 3.8) is 0 Å². The van der Waals surface area contributed by atoms with Crippen LogP contribution in [0.15, 0.2) is 71.0 Å². The fourth-order valence-corrected chi connectivity index (χ4v) is 2.63. The summed E-state index contributed by atoms with van der Waals surface area (Å²) in [5, 5.41) is 11.6. The number of rotatable bonds is 4. The van der Waals surface area contributed by atoms with Gasteiger partial charge in [-0.3, -0.25) is 4.79 Å². The Morgan fingerprint density at radius 2 is 1.82 bits per heavy atom. The van der Waals surface area contributed by atoms with E-state index in [2.05, 4.69) is 15.5 Å². The molecule has 0 aliphatic rings. The van der Waals surface area contributed by atoms with Gasteiger partial charge in [-0.2, -0.15) is 0 Å². The number of hydrogen-bond acceptors (Lipinski definition) is 4. The first-order valence-electron chi connectivity index (χ1n) is 6.71. The predicted octanol–water partition coefficient (Wildman–Crippen LogP) is 3.22. The van der Waals surface area contributed by atoms with E-state index in [1.165, 1.54) is 11.8 Å². The molecule has 0 bridgehead atoms. The summed E-state index contributed by atoms with van der Waals surface area (Å²) in [6.45, 7) is 0. The molecule has 1 aromatic heterocycles. The minimum Gasteiger partial charge on any atom is -0.322 e. The summed E-state index contributed by atoms with van der Waals surface area (Å²) in [6.07, 6.45) is 1.66. The molecule has 0 fully saturated rings. The second-order valence-corrected chi connectivity index (χ2v) is 5.71. The molecule has 0 saturated carbocycles. The van der Waals surface area contributed by atoms with Crippen molar-refractivity contribution in [2.24, 2.45) is 7.05 Å². The van der Waals surface area contributed by atoms with Crippen molar-refractivity contribution >= 4 is 23.4 Å². The van der Waals surface area contributed by atoms with Crippen LogP contribution in [0.3, 0.4) is 0 Å². The van der Waals surface area contributed by atoms with Crippen molar-refractivity contribution in [3.05, 3.63) is 66.5 Å². The summed E-state index contributed by atoms with van der Waals surface area (Å²) in [6, 6.07) is 16.8. The minimum absolute atomic E-state index is 0.116. The van der Waals surface area contributed by atoms with Crippen molar-refractivity contribution in [1.29, 1.82) is 0 Å². The van der Waals surface area contributed by atoms with Gasteiger partial charge in [-0.25, -0.2) is 0 Å². The molecule has 3 rings (SSSR count). The van der Waals surface area contributed by atoms with E-state index in [9.17, 15) is 4.79 Å². The Morgan fingerprint density at radius 3 is 2.45 bits per heavy atom. The van der Waals surface area contributed by atoms with Gasteiger partial charge in [-0.15, -0.1) is 10.2 Å². The van der Waals surface area contributed by atoms with Gasteiger partial charge in [0.1, 0.15) is 6.33 Å². The van der Waals surface area contributed by atoms with E-state index in [1.54, 1.807) is 18.5 Å². The highest BCUT2D eigenvalue weighted by Crippen LogP contribution is 2.26. The summed E-state index contributed by atoms with van der Waals surface area (Å²) in [4.78, 5) is 13.1. The summed E-state index contributed by atoms with van der Waals surface area (Å²) in [7, 11) is 1.90. The molecule has 0 aliphatic carbocycles. The quantitative estimate of drug-likeness (QED) is 0.804. The zero-order chi connectivity index (χ0) is 15.4. The molecule has 1 heterocycles. The number of benzene rings is 2. The second kappa shape index (κ2) is 6.44. The first-order chi connectivity index (χ1) is 10.7. The van der Waals surface area contributed by atoms with Crippen LogP contribution in [0.4, 0.5) is 5.69 Å². The molecule has 0 aliphatic heterocycles. The third kappa shape index (κ3) is 3.35. The Hall–Kier alpha value is -2.60. The number of amides is 1. The van der Waals surface area contributed by atoms with Crippen LogP contribution >= 0.6 is 11.8 Å². The number of hydrogen-bond donors (Lipinski definition) is 1. The van der Waals surface area contributed by atoms with E-state index in [1.807, 2.05) is 54.1 Å². The Kier molecular flexibility index (Phi) is 4.20. The summed E-state index contributed by atoms with van der Waals surface area (Å²) >= 11 is 1.52. The monoisotopic (exact) mass is 310 g/mol. The van der Waals surface area contributed by atoms with Gasteiger partial charge >= 0.3 is 0 Å². The van der Waals surface area contributed by atoms with Gasteiger partial charge in [-0.1, -0.05) is 18.2 Å². The van der Waals surface area contributed by atoms with Gasteiger partial charge in [0.05, 0.1) is 0 Å². The molecule has 0 saturated heterocycles. The normalized spacial score (nSPS) is 10.4. The molecular formula is C16H14N4OS. The highest BCUT2D eigenvalue weighted by molar-refractivity contribution is 7.99. The third-order valence-corrected chi connectivity index (χ3v) is 4.09. The first-order valence-corrected chi connectivity index (χ1v) is 7.52. The lowest BCUT2D eigenvalue weighted by Gasteiger charge is -2.06. The van der Waals surface area contributed by atoms with Gasteiger partial charge in [0, 0.05) is 23.2 Å². The van der Waals surface area contributed by atoms with E-state index in [0.717, 1.165) is 15.7 Å². The molecule has 0 radical (unpaired) electrons. The molecule has 0 atom stereocenters. The Labute approximate surface area is 132 Å². The molecule has 110 valence electrons. The van der Waals surface area contributed by atoms with Crippen molar-refractivity contribution < 1.29 is 4.79 Å². The van der Waals surface area contributed by atoms with E-state index >= 15 is 0 Å². The zero-order valence-electron chi connectivity index (χ0n) is 11.9. The number of anilines is 1. The average molecular weight is 310 g/mol. The molecule has 2 aromatic carbocycles. The summed E-state index contributed by atoms with van der Waals surface area (Å²) < 4.78 is 1.86. The van der Waals surface area contributed by atoms with Crippen molar-refractivity contribution in [2.45, 2.75) is 10.1 Å². The van der Waals surface area contributed by atoms with Crippen LogP contribution < -0.4 is 5.32 Å². The van der Waals surface area contributed by atoms with Gasteiger partial charge in [-0.05, 0) is 48.2 Å². The fourth-order valence-electron chi connectivity index (χ4n) is 1.87. The minimum atomic E-state index is -0.116. The molecule has 1 N–H and O–H groups in total. The lowest BCUT2D eigenvalue weighted by Crippen LogP contribution is -2.11. The highest BCUT2D eigenvalue weighted by atomic mass is 32.2. The predicted molar refractivity (Wildman–Crippen MR) is 86.0 cm³/mol. The lowest BCUT2D eigenvalue weighted by atomic mass is 10.2. The Bertz CT molecular complexity index is 768. The topological polar surface area (TPSA) is 59.8 Å². The lowest BCUT2D eigenvalue weighted by molar-refractivity contribution is 0.102. The average Bonchev–Trinajstić information content (AvgIpc) is 2.95. The van der Waals surface area contributed by atoms with E-state index in [4.69, 9.17) is 0 Å². The number of carbonyl (C=O) groups is 1. The molecule has 0 unspecified atom stereocenters.